The van der Waals surface area contributed by atoms with Crippen LogP contribution in [0.4, 0.5) is 13.2 Å². The summed E-state index contributed by atoms with van der Waals surface area (Å²) in [6.45, 7) is 5.82. The van der Waals surface area contributed by atoms with Gasteiger partial charge in [0, 0.05) is 0 Å². The van der Waals surface area contributed by atoms with Gasteiger partial charge in [-0.1, -0.05) is 19.1 Å². The second-order valence-electron chi connectivity index (χ2n) is 3.96. The van der Waals surface area contributed by atoms with Crippen LogP contribution in [-0.4, -0.2) is 0 Å². The Morgan fingerprint density at radius 1 is 1.12 bits per heavy atom. The first-order chi connectivity index (χ1) is 7.84. The van der Waals surface area contributed by atoms with Crippen molar-refractivity contribution in [2.24, 2.45) is 0 Å². The lowest BCUT2D eigenvalue weighted by molar-refractivity contribution is -0.137. The largest absolute Gasteiger partial charge is 0.416 e. The van der Waals surface area contributed by atoms with Crippen molar-refractivity contribution in [3.63, 3.8) is 0 Å². The molecule has 0 N–H and O–H groups in total. The van der Waals surface area contributed by atoms with E-state index >= 15 is 0 Å². The van der Waals surface area contributed by atoms with E-state index in [0.717, 1.165) is 35.3 Å². The van der Waals surface area contributed by atoms with E-state index in [1.807, 2.05) is 20.8 Å². The van der Waals surface area contributed by atoms with Crippen LogP contribution in [0.25, 0.3) is 5.57 Å². The molecule has 0 aliphatic rings. The Labute approximate surface area is 99.5 Å². The van der Waals surface area contributed by atoms with Crippen LogP contribution < -0.4 is 0 Å². The van der Waals surface area contributed by atoms with Crippen molar-refractivity contribution in [3.8, 4) is 0 Å². The van der Waals surface area contributed by atoms with Crippen molar-refractivity contribution in [2.75, 3.05) is 0 Å². The van der Waals surface area contributed by atoms with Crippen LogP contribution >= 0.6 is 0 Å². The monoisotopic (exact) mass is 240 g/mol. The number of alkyl halides is 3. The Hall–Kier alpha value is -1.47. The summed E-state index contributed by atoms with van der Waals surface area (Å²) in [6.07, 6.45) is -3.39. The summed E-state index contributed by atoms with van der Waals surface area (Å²) in [6, 6.07) is 5.16. The second-order valence-corrected chi connectivity index (χ2v) is 3.96. The molecule has 0 saturated heterocycles. The van der Waals surface area contributed by atoms with Gasteiger partial charge in [-0.3, -0.25) is 0 Å². The van der Waals surface area contributed by atoms with E-state index in [1.165, 1.54) is 12.1 Å². The molecule has 0 aromatic heterocycles. The maximum atomic E-state index is 12.4. The lowest BCUT2D eigenvalue weighted by Gasteiger charge is -2.07. The normalized spacial score (nSPS) is 10.9. The first-order valence-corrected chi connectivity index (χ1v) is 5.45. The minimum Gasteiger partial charge on any atom is -0.166 e. The van der Waals surface area contributed by atoms with Crippen molar-refractivity contribution in [1.82, 2.24) is 0 Å². The first-order valence-electron chi connectivity index (χ1n) is 5.45. The second kappa shape index (κ2) is 5.24. The Morgan fingerprint density at radius 2 is 1.65 bits per heavy atom. The van der Waals surface area contributed by atoms with Crippen LogP contribution in [0.1, 0.15) is 38.3 Å². The van der Waals surface area contributed by atoms with E-state index in [-0.39, 0.29) is 0 Å². The zero-order valence-corrected chi connectivity index (χ0v) is 10.2. The SMILES string of the molecule is CCC(C)=C=C(C)c1ccc(C(F)(F)F)cc1. The molecule has 0 aliphatic carbocycles. The van der Waals surface area contributed by atoms with E-state index in [1.54, 1.807) is 0 Å². The Morgan fingerprint density at radius 3 is 2.06 bits per heavy atom. The number of benzene rings is 1. The first kappa shape index (κ1) is 13.6. The number of allylic oxidation sites excluding steroid dienone is 1. The van der Waals surface area contributed by atoms with Crippen molar-refractivity contribution in [3.05, 3.63) is 46.7 Å². The molecule has 0 heterocycles. The predicted octanol–water partition coefficient (Wildman–Crippen LogP) is 5.06. The summed E-state index contributed by atoms with van der Waals surface area (Å²) in [7, 11) is 0. The Kier molecular flexibility index (Phi) is 4.19. The third-order valence-electron chi connectivity index (χ3n) is 2.58. The van der Waals surface area contributed by atoms with Crippen molar-refractivity contribution in [1.29, 1.82) is 0 Å². The highest BCUT2D eigenvalue weighted by molar-refractivity contribution is 5.63. The maximum Gasteiger partial charge on any atom is 0.416 e. The summed E-state index contributed by atoms with van der Waals surface area (Å²) in [4.78, 5) is 0. The number of hydrogen-bond donors (Lipinski definition) is 0. The highest BCUT2D eigenvalue weighted by Gasteiger charge is 2.29. The van der Waals surface area contributed by atoms with Gasteiger partial charge < -0.3 is 0 Å². The van der Waals surface area contributed by atoms with E-state index in [4.69, 9.17) is 0 Å². The number of rotatable bonds is 2. The molecule has 1 aromatic carbocycles. The molecule has 3 heteroatoms. The zero-order valence-electron chi connectivity index (χ0n) is 10.2. The fourth-order valence-corrected chi connectivity index (χ4v) is 1.39. The molecule has 0 bridgehead atoms. The maximum absolute atomic E-state index is 12.4. The smallest absolute Gasteiger partial charge is 0.166 e. The molecule has 0 fully saturated rings. The van der Waals surface area contributed by atoms with Gasteiger partial charge in [-0.2, -0.15) is 13.2 Å². The lowest BCUT2D eigenvalue weighted by Crippen LogP contribution is -2.04. The minimum absolute atomic E-state index is 0.620. The topological polar surface area (TPSA) is 0 Å². The average Bonchev–Trinajstić information content (AvgIpc) is 2.27. The van der Waals surface area contributed by atoms with Gasteiger partial charge in [0.25, 0.3) is 0 Å². The van der Waals surface area contributed by atoms with Crippen molar-refractivity contribution in [2.45, 2.75) is 33.4 Å². The molecule has 0 aliphatic heterocycles. The molecule has 1 rings (SSSR count). The highest BCUT2D eigenvalue weighted by atomic mass is 19.4. The fourth-order valence-electron chi connectivity index (χ4n) is 1.39. The van der Waals surface area contributed by atoms with Gasteiger partial charge in [0.1, 0.15) is 0 Å². The van der Waals surface area contributed by atoms with E-state index in [0.29, 0.717) is 0 Å². The molecule has 0 radical (unpaired) electrons. The molecule has 0 amide bonds. The van der Waals surface area contributed by atoms with Crippen LogP contribution in [-0.2, 0) is 6.18 Å². The average molecular weight is 240 g/mol. The van der Waals surface area contributed by atoms with Gasteiger partial charge in [0.2, 0.25) is 0 Å². The predicted molar refractivity (Wildman–Crippen MR) is 63.5 cm³/mol. The molecule has 92 valence electrons. The zero-order chi connectivity index (χ0) is 13.1. The fraction of sp³-hybridized carbons (Fsp3) is 0.357. The van der Waals surface area contributed by atoms with Crippen LogP contribution in [0.3, 0.4) is 0 Å². The minimum atomic E-state index is -4.27. The van der Waals surface area contributed by atoms with Gasteiger partial charge >= 0.3 is 6.18 Å². The molecule has 0 unspecified atom stereocenters. The Bertz CT molecular complexity index is 443. The quantitative estimate of drug-likeness (QED) is 0.633. The molecule has 0 saturated carbocycles. The van der Waals surface area contributed by atoms with E-state index < -0.39 is 11.7 Å². The van der Waals surface area contributed by atoms with Gasteiger partial charge in [-0.15, -0.1) is 5.73 Å². The van der Waals surface area contributed by atoms with Crippen LogP contribution in [0, 0.1) is 0 Å². The van der Waals surface area contributed by atoms with Gasteiger partial charge in [-0.25, -0.2) is 0 Å². The molecular formula is C14H15F3. The van der Waals surface area contributed by atoms with Crippen LogP contribution in [0.2, 0.25) is 0 Å². The molecular weight excluding hydrogens is 225 g/mol. The van der Waals surface area contributed by atoms with Crippen LogP contribution in [0.5, 0.6) is 0 Å². The molecule has 17 heavy (non-hydrogen) atoms. The van der Waals surface area contributed by atoms with E-state index in [2.05, 4.69) is 5.73 Å². The van der Waals surface area contributed by atoms with Gasteiger partial charge in [0.05, 0.1) is 5.56 Å². The number of halogens is 3. The summed E-state index contributed by atoms with van der Waals surface area (Å²) in [5.74, 6) is 0. The summed E-state index contributed by atoms with van der Waals surface area (Å²) < 4.78 is 37.1. The highest BCUT2D eigenvalue weighted by Crippen LogP contribution is 2.29. The Balaban J connectivity index is 3.08. The molecule has 0 nitrogen and oxygen atoms in total. The lowest BCUT2D eigenvalue weighted by atomic mass is 10.0. The molecule has 0 spiro atoms. The summed E-state index contributed by atoms with van der Waals surface area (Å²) in [5, 5.41) is 0. The molecule has 1 aromatic rings. The summed E-state index contributed by atoms with van der Waals surface area (Å²) in [5.41, 5.74) is 5.25. The van der Waals surface area contributed by atoms with Gasteiger partial charge in [-0.05, 0) is 49.1 Å². The third kappa shape index (κ3) is 3.79. The van der Waals surface area contributed by atoms with Crippen molar-refractivity contribution < 1.29 is 13.2 Å². The van der Waals surface area contributed by atoms with Crippen molar-refractivity contribution >= 4 is 5.57 Å². The van der Waals surface area contributed by atoms with Crippen LogP contribution in [0.15, 0.2) is 35.6 Å². The molecule has 0 atom stereocenters. The standard InChI is InChI=1S/C14H15F3/c1-4-10(2)9-11(3)12-5-7-13(8-6-12)14(15,16)17/h5-8H,4H2,1-3H3. The van der Waals surface area contributed by atoms with E-state index in [9.17, 15) is 13.2 Å². The summed E-state index contributed by atoms with van der Waals surface area (Å²) >= 11 is 0. The number of hydrogen-bond acceptors (Lipinski definition) is 0. The third-order valence-corrected chi connectivity index (χ3v) is 2.58. The van der Waals surface area contributed by atoms with Gasteiger partial charge in [0.15, 0.2) is 0 Å².